The van der Waals surface area contributed by atoms with Crippen LogP contribution in [0.2, 0.25) is 0 Å². The van der Waals surface area contributed by atoms with E-state index in [1.807, 2.05) is 0 Å². The quantitative estimate of drug-likeness (QED) is 0.620. The first kappa shape index (κ1) is 6.33. The summed E-state index contributed by atoms with van der Waals surface area (Å²) in [4.78, 5) is 10.3. The van der Waals surface area contributed by atoms with Crippen molar-refractivity contribution in [2.75, 3.05) is 0 Å². The molecule has 1 aromatic heterocycles. The Labute approximate surface area is 65.2 Å². The van der Waals surface area contributed by atoms with E-state index in [9.17, 15) is 4.79 Å². The SMILES string of the molecule is [2H]C(=O)NC(C)c1nnc(C)o1. The van der Waals surface area contributed by atoms with Crippen LogP contribution in [0.1, 0.15) is 26.1 Å². The van der Waals surface area contributed by atoms with Crippen LogP contribution >= 0.6 is 0 Å². The molecule has 0 aliphatic carbocycles. The predicted molar refractivity (Wildman–Crippen MR) is 36.6 cm³/mol. The molecule has 0 aromatic carbocycles. The molecule has 0 bridgehead atoms. The normalized spacial score (nSPS) is 13.8. The second-order valence-corrected chi connectivity index (χ2v) is 2.13. The predicted octanol–water partition coefficient (Wildman–Crippen LogP) is 0.185. The van der Waals surface area contributed by atoms with Gasteiger partial charge in [-0.15, -0.1) is 10.2 Å². The molecule has 0 fully saturated rings. The summed E-state index contributed by atoms with van der Waals surface area (Å²) >= 11 is 0. The van der Waals surface area contributed by atoms with Crippen LogP contribution in [0, 0.1) is 6.92 Å². The van der Waals surface area contributed by atoms with Crippen LogP contribution in [0.15, 0.2) is 4.42 Å². The van der Waals surface area contributed by atoms with Gasteiger partial charge in [0.1, 0.15) is 7.41 Å². The molecule has 5 heteroatoms. The van der Waals surface area contributed by atoms with Crippen LogP contribution in [0.25, 0.3) is 0 Å². The summed E-state index contributed by atoms with van der Waals surface area (Å²) in [6.07, 6.45) is -0.863. The van der Waals surface area contributed by atoms with E-state index in [4.69, 9.17) is 5.79 Å². The number of nitrogens with zero attached hydrogens (tertiary/aromatic N) is 2. The van der Waals surface area contributed by atoms with Crippen molar-refractivity contribution in [3.05, 3.63) is 11.8 Å². The van der Waals surface area contributed by atoms with E-state index in [1.165, 1.54) is 0 Å². The fourth-order valence-electron chi connectivity index (χ4n) is 0.637. The van der Waals surface area contributed by atoms with E-state index in [2.05, 4.69) is 15.5 Å². The van der Waals surface area contributed by atoms with Crippen molar-refractivity contribution in [1.29, 1.82) is 0 Å². The molecule has 0 saturated carbocycles. The highest BCUT2D eigenvalue weighted by molar-refractivity contribution is 5.46. The van der Waals surface area contributed by atoms with Gasteiger partial charge in [-0.05, 0) is 6.92 Å². The van der Waals surface area contributed by atoms with Crippen LogP contribution in [-0.2, 0) is 4.79 Å². The fourth-order valence-corrected chi connectivity index (χ4v) is 0.637. The minimum atomic E-state index is -0.863. The van der Waals surface area contributed by atoms with E-state index in [0.29, 0.717) is 11.8 Å². The van der Waals surface area contributed by atoms with Gasteiger partial charge in [0.25, 0.3) is 0 Å². The van der Waals surface area contributed by atoms with Crippen LogP contribution < -0.4 is 5.32 Å². The first-order chi connectivity index (χ1) is 5.59. The molecule has 1 aromatic rings. The average molecular weight is 156 g/mol. The molecular weight excluding hydrogens is 146 g/mol. The lowest BCUT2D eigenvalue weighted by Crippen LogP contribution is -2.16. The van der Waals surface area contributed by atoms with Crippen LogP contribution in [0.4, 0.5) is 0 Å². The van der Waals surface area contributed by atoms with Crippen molar-refractivity contribution in [2.24, 2.45) is 0 Å². The van der Waals surface area contributed by atoms with Gasteiger partial charge in [-0.25, -0.2) is 0 Å². The molecule has 1 rings (SSSR count). The van der Waals surface area contributed by atoms with Gasteiger partial charge in [0.2, 0.25) is 18.2 Å². The summed E-state index contributed by atoms with van der Waals surface area (Å²) in [5.74, 6) is 0.754. The van der Waals surface area contributed by atoms with Gasteiger partial charge in [-0.3, -0.25) is 4.79 Å². The van der Waals surface area contributed by atoms with Crippen molar-refractivity contribution >= 4 is 6.39 Å². The van der Waals surface area contributed by atoms with Crippen molar-refractivity contribution in [3.8, 4) is 0 Å². The van der Waals surface area contributed by atoms with E-state index in [0.717, 1.165) is 0 Å². The molecule has 60 valence electrons. The van der Waals surface area contributed by atoms with Crippen molar-refractivity contribution < 1.29 is 10.6 Å². The van der Waals surface area contributed by atoms with Gasteiger partial charge in [-0.1, -0.05) is 0 Å². The summed E-state index contributed by atoms with van der Waals surface area (Å²) < 4.78 is 11.7. The lowest BCUT2D eigenvalue weighted by molar-refractivity contribution is -0.110. The van der Waals surface area contributed by atoms with Crippen LogP contribution in [0.5, 0.6) is 0 Å². The minimum Gasteiger partial charge on any atom is -0.423 e. The number of aromatic nitrogens is 2. The van der Waals surface area contributed by atoms with E-state index in [-0.39, 0.29) is 0 Å². The van der Waals surface area contributed by atoms with Crippen molar-refractivity contribution in [1.82, 2.24) is 15.5 Å². The molecule has 0 radical (unpaired) electrons. The van der Waals surface area contributed by atoms with Gasteiger partial charge in [-0.2, -0.15) is 0 Å². The van der Waals surface area contributed by atoms with Gasteiger partial charge in [0.05, 0.1) is 0 Å². The molecular formula is C6H9N3O2. The van der Waals surface area contributed by atoms with Crippen molar-refractivity contribution in [2.45, 2.75) is 19.9 Å². The maximum atomic E-state index is 10.3. The number of carbonyl (C=O) groups excluding carboxylic acids is 1. The molecule has 0 spiro atoms. The molecule has 0 aliphatic rings. The summed E-state index contributed by atoms with van der Waals surface area (Å²) in [7, 11) is 0. The Morgan fingerprint density at radius 1 is 1.82 bits per heavy atom. The Balaban J connectivity index is 2.64. The van der Waals surface area contributed by atoms with Gasteiger partial charge < -0.3 is 9.73 Å². The maximum absolute atomic E-state index is 10.3. The Morgan fingerprint density at radius 2 is 2.55 bits per heavy atom. The highest BCUT2D eigenvalue weighted by Crippen LogP contribution is 2.08. The lowest BCUT2D eigenvalue weighted by Gasteiger charge is -2.01. The zero-order valence-corrected chi connectivity index (χ0v) is 6.29. The topological polar surface area (TPSA) is 68.0 Å². The fraction of sp³-hybridized carbons (Fsp3) is 0.500. The largest absolute Gasteiger partial charge is 0.423 e. The zero-order valence-electron chi connectivity index (χ0n) is 7.29. The average Bonchev–Trinajstić information content (AvgIpc) is 2.34. The summed E-state index contributed by atoms with van der Waals surface area (Å²) in [5, 5.41) is 9.57. The molecule has 1 N–H and O–H groups in total. The summed E-state index contributed by atoms with van der Waals surface area (Å²) in [5.41, 5.74) is 0. The first-order valence-electron chi connectivity index (χ1n) is 3.66. The molecule has 11 heavy (non-hydrogen) atoms. The van der Waals surface area contributed by atoms with Crippen molar-refractivity contribution in [3.63, 3.8) is 0 Å². The molecule has 1 atom stereocenters. The molecule has 0 saturated heterocycles. The molecule has 5 nitrogen and oxygen atoms in total. The molecule has 1 heterocycles. The molecule has 1 amide bonds. The summed E-state index contributed by atoms with van der Waals surface area (Å²) in [6.45, 7) is 3.32. The number of hydrogen-bond acceptors (Lipinski definition) is 4. The van der Waals surface area contributed by atoms with E-state index >= 15 is 0 Å². The minimum absolute atomic E-state index is 0.313. The first-order valence-corrected chi connectivity index (χ1v) is 3.16. The van der Waals surface area contributed by atoms with Gasteiger partial charge in [0.15, 0.2) is 0 Å². The second-order valence-electron chi connectivity index (χ2n) is 2.13. The number of amides is 1. The highest BCUT2D eigenvalue weighted by Gasteiger charge is 2.09. The third-order valence-electron chi connectivity index (χ3n) is 1.19. The second kappa shape index (κ2) is 3.14. The Morgan fingerprint density at radius 3 is 3.00 bits per heavy atom. The monoisotopic (exact) mass is 156 g/mol. The van der Waals surface area contributed by atoms with Gasteiger partial charge in [0, 0.05) is 6.92 Å². The third-order valence-corrected chi connectivity index (χ3v) is 1.19. The number of aryl methyl sites for hydroxylation is 1. The highest BCUT2D eigenvalue weighted by atomic mass is 16.4. The number of hydrogen-bond donors (Lipinski definition) is 1. The Bertz CT molecular complexity index is 286. The zero-order chi connectivity index (χ0) is 9.14. The van der Waals surface area contributed by atoms with E-state index < -0.39 is 12.4 Å². The third kappa shape index (κ3) is 1.76. The Kier molecular flexibility index (Phi) is 1.80. The standard InChI is InChI=1S/C6H9N3O2/c1-4(7-3-10)6-9-8-5(2)11-6/h3-4H,1-2H3,(H,7,10)/i3D. The smallest absolute Gasteiger partial charge is 0.238 e. The van der Waals surface area contributed by atoms with Crippen LogP contribution in [0.3, 0.4) is 0 Å². The number of carbonyl (C=O) groups is 1. The molecule has 1 unspecified atom stereocenters. The number of nitrogens with one attached hydrogen (secondary N) is 1. The maximum Gasteiger partial charge on any atom is 0.238 e. The Hall–Kier alpha value is -1.39. The number of rotatable bonds is 2. The van der Waals surface area contributed by atoms with Gasteiger partial charge >= 0.3 is 0 Å². The van der Waals surface area contributed by atoms with E-state index in [1.54, 1.807) is 13.8 Å². The molecule has 0 aliphatic heterocycles. The summed E-state index contributed by atoms with van der Waals surface area (Å²) in [6, 6.07) is -0.406. The lowest BCUT2D eigenvalue weighted by atomic mass is 10.3. The van der Waals surface area contributed by atoms with Crippen LogP contribution in [-0.4, -0.2) is 16.6 Å².